The van der Waals surface area contributed by atoms with Crippen LogP contribution in [0.1, 0.15) is 31.9 Å². The van der Waals surface area contributed by atoms with Crippen LogP contribution in [0.5, 0.6) is 0 Å². The lowest BCUT2D eigenvalue weighted by atomic mass is 10.1. The van der Waals surface area contributed by atoms with E-state index in [4.69, 9.17) is 23.2 Å². The normalized spacial score (nSPS) is 24.3. The minimum Gasteiger partial charge on any atom is -0.349 e. The third kappa shape index (κ3) is 3.36. The van der Waals surface area contributed by atoms with Crippen molar-refractivity contribution in [2.45, 2.75) is 35.5 Å². The summed E-state index contributed by atoms with van der Waals surface area (Å²) in [6, 6.07) is 6.15. The molecule has 0 saturated heterocycles. The van der Waals surface area contributed by atoms with E-state index in [-0.39, 0.29) is 16.8 Å². The van der Waals surface area contributed by atoms with Gasteiger partial charge in [0.05, 0.1) is 16.4 Å². The fraction of sp³-hybridized carbons (Fsp3) is 0.533. The number of amides is 1. The SMILES string of the molecule is C[C@H](NC(=O)[C@]1(C)CC1(Cl)Cl)c1ccc(S(=O)(=O)N(C)C)cc1. The van der Waals surface area contributed by atoms with Gasteiger partial charge in [0.15, 0.2) is 0 Å². The average molecular weight is 379 g/mol. The third-order valence-corrected chi connectivity index (χ3v) is 7.20. The fourth-order valence-electron chi connectivity index (χ4n) is 2.22. The molecule has 0 bridgehead atoms. The zero-order chi connectivity index (χ0) is 17.6. The van der Waals surface area contributed by atoms with Crippen molar-refractivity contribution in [1.29, 1.82) is 0 Å². The minimum atomic E-state index is -3.46. The van der Waals surface area contributed by atoms with Crippen molar-refractivity contribution in [3.8, 4) is 0 Å². The van der Waals surface area contributed by atoms with Gasteiger partial charge >= 0.3 is 0 Å². The summed E-state index contributed by atoms with van der Waals surface area (Å²) >= 11 is 12.0. The van der Waals surface area contributed by atoms with Crippen LogP contribution in [-0.2, 0) is 14.8 Å². The van der Waals surface area contributed by atoms with E-state index in [0.717, 1.165) is 9.87 Å². The number of rotatable bonds is 5. The molecule has 1 aliphatic rings. The zero-order valence-electron chi connectivity index (χ0n) is 13.4. The molecular formula is C15H20Cl2N2O3S. The van der Waals surface area contributed by atoms with Crippen molar-refractivity contribution in [3.63, 3.8) is 0 Å². The molecule has 8 heteroatoms. The van der Waals surface area contributed by atoms with E-state index < -0.39 is 19.8 Å². The van der Waals surface area contributed by atoms with Gasteiger partial charge in [-0.25, -0.2) is 12.7 Å². The Labute approximate surface area is 147 Å². The van der Waals surface area contributed by atoms with Gasteiger partial charge in [0.25, 0.3) is 0 Å². The molecule has 0 radical (unpaired) electrons. The number of nitrogens with zero attached hydrogens (tertiary/aromatic N) is 1. The molecule has 1 aliphatic carbocycles. The molecule has 0 unspecified atom stereocenters. The second kappa shape index (κ2) is 5.92. The topological polar surface area (TPSA) is 66.5 Å². The standard InChI is InChI=1S/C15H20Cl2N2O3S/c1-10(18-13(20)14(2)9-15(14,16)17)11-5-7-12(8-6-11)23(21,22)19(3)4/h5-8,10H,9H2,1-4H3,(H,18,20)/t10-,14-/m0/s1. The van der Waals surface area contributed by atoms with Crippen molar-refractivity contribution in [2.24, 2.45) is 5.41 Å². The summed E-state index contributed by atoms with van der Waals surface area (Å²) in [7, 11) is -0.502. The van der Waals surface area contributed by atoms with Crippen LogP contribution >= 0.6 is 23.2 Å². The quantitative estimate of drug-likeness (QED) is 0.800. The van der Waals surface area contributed by atoms with E-state index in [1.165, 1.54) is 26.2 Å². The monoisotopic (exact) mass is 378 g/mol. The van der Waals surface area contributed by atoms with Crippen LogP contribution in [0.4, 0.5) is 0 Å². The Morgan fingerprint density at radius 3 is 2.13 bits per heavy atom. The molecule has 1 aromatic carbocycles. The second-order valence-corrected chi connectivity index (χ2v) is 9.90. The second-order valence-electron chi connectivity index (χ2n) is 6.26. The lowest BCUT2D eigenvalue weighted by molar-refractivity contribution is -0.126. The summed E-state index contributed by atoms with van der Waals surface area (Å²) in [6.45, 7) is 3.55. The van der Waals surface area contributed by atoms with Crippen molar-refractivity contribution in [2.75, 3.05) is 14.1 Å². The number of halogens is 2. The Bertz CT molecular complexity index is 717. The van der Waals surface area contributed by atoms with Crippen molar-refractivity contribution >= 4 is 39.1 Å². The Balaban J connectivity index is 2.10. The van der Waals surface area contributed by atoms with Gasteiger partial charge in [-0.2, -0.15) is 0 Å². The zero-order valence-corrected chi connectivity index (χ0v) is 15.8. The van der Waals surface area contributed by atoms with E-state index in [0.29, 0.717) is 6.42 Å². The lowest BCUT2D eigenvalue weighted by Crippen LogP contribution is -2.35. The van der Waals surface area contributed by atoms with Crippen LogP contribution in [0.2, 0.25) is 0 Å². The van der Waals surface area contributed by atoms with Crippen molar-refractivity contribution < 1.29 is 13.2 Å². The molecule has 0 heterocycles. The molecule has 0 aliphatic heterocycles. The van der Waals surface area contributed by atoms with Crippen LogP contribution in [0, 0.1) is 5.41 Å². The Hall–Kier alpha value is -0.820. The summed E-state index contributed by atoms with van der Waals surface area (Å²) < 4.78 is 24.2. The first-order valence-corrected chi connectivity index (χ1v) is 9.33. The summed E-state index contributed by atoms with van der Waals surface area (Å²) in [4.78, 5) is 12.5. The van der Waals surface area contributed by atoms with Gasteiger partial charge < -0.3 is 5.32 Å². The number of benzene rings is 1. The molecule has 1 fully saturated rings. The minimum absolute atomic E-state index is 0.208. The fourth-order valence-corrected chi connectivity index (χ4v) is 3.83. The highest BCUT2D eigenvalue weighted by atomic mass is 35.5. The van der Waals surface area contributed by atoms with E-state index in [1.807, 2.05) is 6.92 Å². The predicted octanol–water partition coefficient (Wildman–Crippen LogP) is 2.70. The maximum Gasteiger partial charge on any atom is 0.242 e. The highest BCUT2D eigenvalue weighted by Crippen LogP contribution is 2.63. The van der Waals surface area contributed by atoms with Gasteiger partial charge in [0.1, 0.15) is 4.33 Å². The van der Waals surface area contributed by atoms with Gasteiger partial charge in [-0.1, -0.05) is 12.1 Å². The first-order valence-electron chi connectivity index (χ1n) is 7.13. The third-order valence-electron chi connectivity index (χ3n) is 4.27. The van der Waals surface area contributed by atoms with Gasteiger partial charge in [0.2, 0.25) is 15.9 Å². The highest BCUT2D eigenvalue weighted by Gasteiger charge is 2.67. The van der Waals surface area contributed by atoms with Gasteiger partial charge in [0, 0.05) is 14.1 Å². The highest BCUT2D eigenvalue weighted by molar-refractivity contribution is 7.89. The molecule has 2 atom stereocenters. The number of hydrogen-bond acceptors (Lipinski definition) is 3. The number of nitrogens with one attached hydrogen (secondary N) is 1. The largest absolute Gasteiger partial charge is 0.349 e. The molecule has 1 aromatic rings. The summed E-state index contributed by atoms with van der Waals surface area (Å²) in [5.74, 6) is -0.208. The maximum atomic E-state index is 12.3. The Morgan fingerprint density at radius 2 is 1.74 bits per heavy atom. The average Bonchev–Trinajstić information content (AvgIpc) is 2.99. The number of alkyl halides is 2. The first kappa shape index (κ1) is 18.5. The van der Waals surface area contributed by atoms with Crippen LogP contribution in [0.3, 0.4) is 0 Å². The Kier molecular flexibility index (Phi) is 4.76. The molecule has 5 nitrogen and oxygen atoms in total. The molecular weight excluding hydrogens is 359 g/mol. The maximum absolute atomic E-state index is 12.3. The van der Waals surface area contributed by atoms with Crippen molar-refractivity contribution in [1.82, 2.24) is 9.62 Å². The molecule has 1 N–H and O–H groups in total. The van der Waals surface area contributed by atoms with E-state index in [2.05, 4.69) is 5.32 Å². The molecule has 1 amide bonds. The summed E-state index contributed by atoms with van der Waals surface area (Å²) in [5.41, 5.74) is 0.0218. The number of hydrogen-bond donors (Lipinski definition) is 1. The van der Waals surface area contributed by atoms with E-state index in [1.54, 1.807) is 19.1 Å². The van der Waals surface area contributed by atoms with Gasteiger partial charge in [-0.3, -0.25) is 4.79 Å². The first-order chi connectivity index (χ1) is 10.4. The number of carbonyl (C=O) groups is 1. The van der Waals surface area contributed by atoms with E-state index >= 15 is 0 Å². The molecule has 1 saturated carbocycles. The van der Waals surface area contributed by atoms with Crippen LogP contribution in [0.25, 0.3) is 0 Å². The molecule has 23 heavy (non-hydrogen) atoms. The Morgan fingerprint density at radius 1 is 1.26 bits per heavy atom. The van der Waals surface area contributed by atoms with Crippen LogP contribution in [0.15, 0.2) is 29.2 Å². The number of carbonyl (C=O) groups excluding carboxylic acids is 1. The predicted molar refractivity (Wildman–Crippen MR) is 91.0 cm³/mol. The molecule has 0 spiro atoms. The smallest absolute Gasteiger partial charge is 0.242 e. The lowest BCUT2D eigenvalue weighted by Gasteiger charge is -2.19. The summed E-state index contributed by atoms with van der Waals surface area (Å²) in [5, 5.41) is 2.87. The van der Waals surface area contributed by atoms with Crippen molar-refractivity contribution in [3.05, 3.63) is 29.8 Å². The molecule has 2 rings (SSSR count). The van der Waals surface area contributed by atoms with Crippen LogP contribution in [-0.4, -0.2) is 37.1 Å². The van der Waals surface area contributed by atoms with Gasteiger partial charge in [-0.05, 0) is 38.0 Å². The summed E-state index contributed by atoms with van der Waals surface area (Å²) in [6.07, 6.45) is 0.418. The van der Waals surface area contributed by atoms with Crippen LogP contribution < -0.4 is 5.32 Å². The van der Waals surface area contributed by atoms with Gasteiger partial charge in [-0.15, -0.1) is 23.2 Å². The van der Waals surface area contributed by atoms with E-state index in [9.17, 15) is 13.2 Å². The number of sulfonamides is 1. The molecule has 0 aromatic heterocycles. The molecule has 128 valence electrons.